The summed E-state index contributed by atoms with van der Waals surface area (Å²) in [6, 6.07) is 12.8. The smallest absolute Gasteiger partial charge is 0.410 e. The topological polar surface area (TPSA) is 82.0 Å². The minimum absolute atomic E-state index is 0.0508. The van der Waals surface area contributed by atoms with Gasteiger partial charge in [0.2, 0.25) is 0 Å². The molecular weight excluding hydrogens is 563 g/mol. The van der Waals surface area contributed by atoms with Crippen molar-refractivity contribution in [2.45, 2.75) is 45.6 Å². The van der Waals surface area contributed by atoms with E-state index in [2.05, 4.69) is 14.9 Å². The molecule has 0 radical (unpaired) electrons. The quantitative estimate of drug-likeness (QED) is 0.279. The van der Waals surface area contributed by atoms with Crippen molar-refractivity contribution in [1.82, 2.24) is 19.4 Å². The molecule has 2 aliphatic rings. The molecule has 0 N–H and O–H groups in total. The molecule has 226 valence electrons. The number of aromatic nitrogens is 3. The average Bonchev–Trinajstić information content (AvgIpc) is 3.33. The highest BCUT2D eigenvalue weighted by molar-refractivity contribution is 5.83. The second kappa shape index (κ2) is 11.4. The van der Waals surface area contributed by atoms with E-state index >= 15 is 4.39 Å². The monoisotopic (exact) mass is 595 g/mol. The maximum absolute atomic E-state index is 15.4. The van der Waals surface area contributed by atoms with Crippen LogP contribution in [0.1, 0.15) is 38.2 Å². The van der Waals surface area contributed by atoms with Crippen LogP contribution < -0.4 is 9.64 Å². The van der Waals surface area contributed by atoms with Crippen LogP contribution in [0.5, 0.6) is 5.75 Å². The molecule has 1 amide bonds. The number of rotatable bonds is 5. The summed E-state index contributed by atoms with van der Waals surface area (Å²) in [7, 11) is 0. The Morgan fingerprint density at radius 2 is 1.84 bits per heavy atom. The Bertz CT molecular complexity index is 1630. The number of ether oxygens (including phenoxy) is 3. The zero-order valence-electron chi connectivity index (χ0n) is 24.1. The fourth-order valence-corrected chi connectivity index (χ4v) is 5.54. The molecule has 2 aromatic heterocycles. The number of carbonyl (C=O) groups excluding carboxylic acids is 1. The van der Waals surface area contributed by atoms with Gasteiger partial charge in [-0.15, -0.1) is 0 Å². The van der Waals surface area contributed by atoms with Gasteiger partial charge in [-0.1, -0.05) is 18.2 Å². The molecule has 12 heteroatoms. The van der Waals surface area contributed by atoms with Crippen molar-refractivity contribution in [2.75, 3.05) is 37.7 Å². The van der Waals surface area contributed by atoms with Crippen LogP contribution in [0.2, 0.25) is 0 Å². The lowest BCUT2D eigenvalue weighted by atomic mass is 10.0. The van der Waals surface area contributed by atoms with Gasteiger partial charge in [0.15, 0.2) is 0 Å². The minimum Gasteiger partial charge on any atom is -0.444 e. The zero-order chi connectivity index (χ0) is 30.3. The highest BCUT2D eigenvalue weighted by atomic mass is 19.3. The van der Waals surface area contributed by atoms with Crippen molar-refractivity contribution < 1.29 is 32.2 Å². The van der Waals surface area contributed by atoms with E-state index in [-0.39, 0.29) is 25.1 Å². The van der Waals surface area contributed by atoms with Crippen LogP contribution in [0, 0.1) is 5.82 Å². The first-order valence-corrected chi connectivity index (χ1v) is 14.1. The highest BCUT2D eigenvalue weighted by Gasteiger charge is 2.30. The van der Waals surface area contributed by atoms with E-state index in [9.17, 15) is 13.6 Å². The van der Waals surface area contributed by atoms with Gasteiger partial charge in [-0.25, -0.2) is 19.2 Å². The van der Waals surface area contributed by atoms with Gasteiger partial charge in [-0.3, -0.25) is 0 Å². The third kappa shape index (κ3) is 5.96. The minimum atomic E-state index is -2.98. The average molecular weight is 596 g/mol. The summed E-state index contributed by atoms with van der Waals surface area (Å²) < 4.78 is 59.6. The largest absolute Gasteiger partial charge is 0.444 e. The molecule has 0 bridgehead atoms. The number of hydrogen-bond acceptors (Lipinski definition) is 7. The number of halogens is 3. The number of imidazole rings is 1. The number of fused-ring (bicyclic) bond motifs is 3. The first-order chi connectivity index (χ1) is 20.6. The van der Waals surface area contributed by atoms with Gasteiger partial charge in [0.1, 0.15) is 35.4 Å². The number of pyridine rings is 1. The van der Waals surface area contributed by atoms with Crippen molar-refractivity contribution in [1.29, 1.82) is 0 Å². The second-order valence-electron chi connectivity index (χ2n) is 11.5. The maximum atomic E-state index is 15.4. The number of benzene rings is 2. The third-order valence-corrected chi connectivity index (χ3v) is 7.48. The molecular formula is C31H32F3N5O4. The summed E-state index contributed by atoms with van der Waals surface area (Å²) in [5.41, 5.74) is 1.97. The molecule has 0 spiro atoms. The van der Waals surface area contributed by atoms with Crippen LogP contribution >= 0.6 is 0 Å². The first-order valence-electron chi connectivity index (χ1n) is 14.1. The predicted octanol–water partition coefficient (Wildman–Crippen LogP) is 6.02. The lowest BCUT2D eigenvalue weighted by Crippen LogP contribution is -2.50. The number of nitrogens with zero attached hydrogens (tertiary/aromatic N) is 5. The van der Waals surface area contributed by atoms with E-state index in [0.29, 0.717) is 59.7 Å². The Kier molecular flexibility index (Phi) is 7.63. The molecule has 9 nitrogen and oxygen atoms in total. The molecule has 1 saturated heterocycles. The van der Waals surface area contributed by atoms with Crippen molar-refractivity contribution in [3.8, 4) is 16.9 Å². The lowest BCUT2D eigenvalue weighted by Gasteiger charge is -2.36. The van der Waals surface area contributed by atoms with Gasteiger partial charge in [0.25, 0.3) is 0 Å². The van der Waals surface area contributed by atoms with Gasteiger partial charge in [-0.2, -0.15) is 8.78 Å². The van der Waals surface area contributed by atoms with Crippen LogP contribution in [0.25, 0.3) is 22.2 Å². The van der Waals surface area contributed by atoms with E-state index in [0.717, 1.165) is 5.82 Å². The number of hydrogen-bond donors (Lipinski definition) is 0. The summed E-state index contributed by atoms with van der Waals surface area (Å²) in [5.74, 6) is 0.884. The molecule has 2 aliphatic heterocycles. The molecule has 1 fully saturated rings. The standard InChI is InChI=1S/C31H32F3N5O4/c1-31(2,3)43-30(40)38-12-10-37(11-13-38)27-9-8-19(16-35-27)21-14-24-23(15-22(21)32)36-28-18-41-17-25(39(24)28)20-6-4-5-7-26(20)42-29(33)34/h4-9,14-16,25,29H,10-13,17-18H2,1-3H3/t25-/m0/s1. The van der Waals surface area contributed by atoms with Crippen molar-refractivity contribution in [3.63, 3.8) is 0 Å². The number of anilines is 1. The van der Waals surface area contributed by atoms with Crippen molar-refractivity contribution in [2.24, 2.45) is 0 Å². The summed E-state index contributed by atoms with van der Waals surface area (Å²) >= 11 is 0. The highest BCUT2D eigenvalue weighted by Crippen LogP contribution is 2.37. The number of amides is 1. The number of carbonyl (C=O) groups is 1. The molecule has 43 heavy (non-hydrogen) atoms. The van der Waals surface area contributed by atoms with E-state index in [1.807, 2.05) is 37.5 Å². The number of alkyl halides is 2. The molecule has 1 atom stereocenters. The Hall–Kier alpha value is -4.32. The van der Waals surface area contributed by atoms with Gasteiger partial charge in [0.05, 0.1) is 23.7 Å². The summed E-state index contributed by atoms with van der Waals surface area (Å²) in [6.07, 6.45) is 1.29. The van der Waals surface area contributed by atoms with Crippen LogP contribution in [-0.2, 0) is 16.1 Å². The van der Waals surface area contributed by atoms with Crippen molar-refractivity contribution in [3.05, 3.63) is 71.9 Å². The fraction of sp³-hybridized carbons (Fsp3) is 0.387. The molecule has 4 heterocycles. The second-order valence-corrected chi connectivity index (χ2v) is 11.5. The number of piperazine rings is 1. The molecule has 4 aromatic rings. The maximum Gasteiger partial charge on any atom is 0.410 e. The van der Waals surface area contributed by atoms with Gasteiger partial charge >= 0.3 is 12.7 Å². The first kappa shape index (κ1) is 28.8. The van der Waals surface area contributed by atoms with E-state index in [1.54, 1.807) is 35.4 Å². The van der Waals surface area contributed by atoms with Crippen LogP contribution in [0.15, 0.2) is 54.7 Å². The van der Waals surface area contributed by atoms with Crippen molar-refractivity contribution >= 4 is 22.9 Å². The Morgan fingerprint density at radius 1 is 1.07 bits per heavy atom. The Morgan fingerprint density at radius 3 is 2.53 bits per heavy atom. The predicted molar refractivity (Wildman–Crippen MR) is 154 cm³/mol. The van der Waals surface area contributed by atoms with Crippen LogP contribution in [0.3, 0.4) is 0 Å². The summed E-state index contributed by atoms with van der Waals surface area (Å²) in [5, 5.41) is 0. The van der Waals surface area contributed by atoms with E-state index in [1.165, 1.54) is 12.1 Å². The van der Waals surface area contributed by atoms with Crippen LogP contribution in [-0.4, -0.2) is 70.5 Å². The molecule has 2 aromatic carbocycles. The lowest BCUT2D eigenvalue weighted by molar-refractivity contribution is -0.0512. The zero-order valence-corrected chi connectivity index (χ0v) is 24.1. The molecule has 0 unspecified atom stereocenters. The normalized spacial score (nSPS) is 17.3. The Balaban J connectivity index is 1.26. The summed E-state index contributed by atoms with van der Waals surface area (Å²) in [4.78, 5) is 25.3. The van der Waals surface area contributed by atoms with Gasteiger partial charge < -0.3 is 28.6 Å². The van der Waals surface area contributed by atoms with Gasteiger partial charge in [0, 0.05) is 55.1 Å². The van der Waals surface area contributed by atoms with E-state index < -0.39 is 24.1 Å². The van der Waals surface area contributed by atoms with Crippen LogP contribution in [0.4, 0.5) is 23.8 Å². The molecule has 6 rings (SSSR count). The molecule has 0 saturated carbocycles. The fourth-order valence-electron chi connectivity index (χ4n) is 5.54. The summed E-state index contributed by atoms with van der Waals surface area (Å²) in [6.45, 7) is 5.16. The van der Waals surface area contributed by atoms with E-state index in [4.69, 9.17) is 14.2 Å². The molecule has 0 aliphatic carbocycles. The SMILES string of the molecule is CC(C)(C)OC(=O)N1CCN(c2ccc(-c3cc4c(cc3F)nc3n4[C@H](c4ccccc4OC(F)F)COC3)cn2)CC1. The Labute approximate surface area is 246 Å². The number of para-hydroxylation sites is 1. The third-order valence-electron chi connectivity index (χ3n) is 7.48. The van der Waals surface area contributed by atoms with Gasteiger partial charge in [-0.05, 0) is 45.0 Å².